The number of hydrogen-bond acceptors (Lipinski definition) is 4. The molecule has 6 heteroatoms. The van der Waals surface area contributed by atoms with Gasteiger partial charge in [0.15, 0.2) is 5.82 Å². The number of fused-ring (bicyclic) bond motifs is 1. The number of amides is 1. The van der Waals surface area contributed by atoms with Crippen molar-refractivity contribution in [3.63, 3.8) is 0 Å². The van der Waals surface area contributed by atoms with Crippen LogP contribution in [0.3, 0.4) is 0 Å². The van der Waals surface area contributed by atoms with Gasteiger partial charge in [-0.15, -0.1) is 0 Å². The summed E-state index contributed by atoms with van der Waals surface area (Å²) >= 11 is 0. The summed E-state index contributed by atoms with van der Waals surface area (Å²) in [7, 11) is 0. The molecule has 0 bridgehead atoms. The van der Waals surface area contributed by atoms with Crippen LogP contribution in [-0.4, -0.2) is 25.8 Å². The molecule has 0 spiro atoms. The second-order valence-electron chi connectivity index (χ2n) is 4.36. The number of primary amides is 1. The van der Waals surface area contributed by atoms with Crippen molar-refractivity contribution in [1.29, 1.82) is 0 Å². The Morgan fingerprint density at radius 2 is 2.15 bits per heavy atom. The highest BCUT2D eigenvalue weighted by atomic mass is 16.3. The predicted molar refractivity (Wildman–Crippen MR) is 73.3 cm³/mol. The fraction of sp³-hybridized carbons (Fsp3) is 0.0714. The Balaban J connectivity index is 2.20. The molecule has 0 aliphatic heterocycles. The van der Waals surface area contributed by atoms with Crippen LogP contribution in [0, 0.1) is 0 Å². The number of para-hydroxylation sites is 1. The van der Waals surface area contributed by atoms with Crippen molar-refractivity contribution in [3.8, 4) is 5.82 Å². The first-order valence-electron chi connectivity index (χ1n) is 6.03. The minimum atomic E-state index is -0.553. The number of carbonyl (C=O) groups excluding carboxylic acids is 1. The van der Waals surface area contributed by atoms with E-state index in [1.807, 2.05) is 30.3 Å². The molecule has 3 aromatic rings. The number of aliphatic hydroxyl groups is 1. The Hall–Kier alpha value is -2.73. The van der Waals surface area contributed by atoms with Gasteiger partial charge in [-0.25, -0.2) is 9.67 Å². The third-order valence-corrected chi connectivity index (χ3v) is 3.03. The lowest BCUT2D eigenvalue weighted by atomic mass is 10.1. The van der Waals surface area contributed by atoms with Crippen LogP contribution in [0.25, 0.3) is 16.7 Å². The molecule has 3 rings (SSSR count). The number of aliphatic hydroxyl groups excluding tert-OH is 1. The lowest BCUT2D eigenvalue weighted by Gasteiger charge is -2.08. The van der Waals surface area contributed by atoms with Crippen molar-refractivity contribution in [1.82, 2.24) is 14.8 Å². The normalized spacial score (nSPS) is 10.8. The van der Waals surface area contributed by atoms with Gasteiger partial charge in [0.05, 0.1) is 23.9 Å². The quantitative estimate of drug-likeness (QED) is 0.741. The van der Waals surface area contributed by atoms with Gasteiger partial charge in [-0.05, 0) is 12.1 Å². The van der Waals surface area contributed by atoms with E-state index in [0.29, 0.717) is 16.9 Å². The number of aromatic nitrogens is 3. The molecule has 0 aliphatic rings. The largest absolute Gasteiger partial charge is 0.392 e. The monoisotopic (exact) mass is 268 g/mol. The Morgan fingerprint density at radius 3 is 2.85 bits per heavy atom. The highest BCUT2D eigenvalue weighted by Crippen LogP contribution is 2.19. The first-order valence-corrected chi connectivity index (χ1v) is 6.03. The molecule has 0 aliphatic carbocycles. The number of hydrogen-bond donors (Lipinski definition) is 2. The fourth-order valence-corrected chi connectivity index (χ4v) is 2.03. The summed E-state index contributed by atoms with van der Waals surface area (Å²) in [5, 5.41) is 14.5. The molecule has 1 aromatic carbocycles. The van der Waals surface area contributed by atoms with E-state index in [-0.39, 0.29) is 6.61 Å². The van der Waals surface area contributed by atoms with E-state index in [1.54, 1.807) is 0 Å². The van der Waals surface area contributed by atoms with Crippen LogP contribution in [0.2, 0.25) is 0 Å². The van der Waals surface area contributed by atoms with Gasteiger partial charge in [-0.3, -0.25) is 4.79 Å². The molecule has 6 nitrogen and oxygen atoms in total. The topological polar surface area (TPSA) is 94.0 Å². The van der Waals surface area contributed by atoms with Crippen molar-refractivity contribution >= 4 is 16.8 Å². The predicted octanol–water partition coefficient (Wildman–Crippen LogP) is 1.01. The van der Waals surface area contributed by atoms with Gasteiger partial charge >= 0.3 is 0 Å². The Bertz CT molecular complexity index is 795. The molecule has 0 radical (unpaired) electrons. The molecule has 0 atom stereocenters. The molecular formula is C14H12N4O2. The van der Waals surface area contributed by atoms with Crippen molar-refractivity contribution in [3.05, 3.63) is 53.9 Å². The molecule has 0 saturated carbocycles. The molecule has 0 saturated heterocycles. The zero-order chi connectivity index (χ0) is 14.1. The van der Waals surface area contributed by atoms with Gasteiger partial charge in [0.2, 0.25) is 0 Å². The highest BCUT2D eigenvalue weighted by molar-refractivity contribution is 5.92. The van der Waals surface area contributed by atoms with Crippen LogP contribution >= 0.6 is 0 Å². The number of benzene rings is 1. The van der Waals surface area contributed by atoms with E-state index in [0.717, 1.165) is 10.9 Å². The average molecular weight is 268 g/mol. The summed E-state index contributed by atoms with van der Waals surface area (Å²) in [6.45, 7) is -0.168. The lowest BCUT2D eigenvalue weighted by Crippen LogP contribution is -2.10. The zero-order valence-corrected chi connectivity index (χ0v) is 10.5. The Morgan fingerprint density at radius 1 is 1.35 bits per heavy atom. The van der Waals surface area contributed by atoms with Gasteiger partial charge in [0.25, 0.3) is 5.91 Å². The SMILES string of the molecule is NC(=O)c1cnn(-c2nc3ccccc3cc2CO)c1. The summed E-state index contributed by atoms with van der Waals surface area (Å²) in [4.78, 5) is 15.6. The van der Waals surface area contributed by atoms with Gasteiger partial charge in [-0.2, -0.15) is 5.10 Å². The van der Waals surface area contributed by atoms with E-state index >= 15 is 0 Å². The van der Waals surface area contributed by atoms with Crippen LogP contribution in [0.1, 0.15) is 15.9 Å². The van der Waals surface area contributed by atoms with Gasteiger partial charge in [-0.1, -0.05) is 18.2 Å². The lowest BCUT2D eigenvalue weighted by molar-refractivity contribution is 0.100. The van der Waals surface area contributed by atoms with E-state index in [4.69, 9.17) is 5.73 Å². The van der Waals surface area contributed by atoms with Crippen LogP contribution in [-0.2, 0) is 6.61 Å². The second kappa shape index (κ2) is 4.75. The third-order valence-electron chi connectivity index (χ3n) is 3.03. The second-order valence-corrected chi connectivity index (χ2v) is 4.36. The van der Waals surface area contributed by atoms with Crippen molar-refractivity contribution in [2.75, 3.05) is 0 Å². The fourth-order valence-electron chi connectivity index (χ4n) is 2.03. The van der Waals surface area contributed by atoms with Crippen LogP contribution in [0.15, 0.2) is 42.7 Å². The average Bonchev–Trinajstić information content (AvgIpc) is 2.95. The molecule has 2 aromatic heterocycles. The number of carbonyl (C=O) groups is 1. The molecule has 0 unspecified atom stereocenters. The van der Waals surface area contributed by atoms with Crippen LogP contribution in [0.4, 0.5) is 0 Å². The number of pyridine rings is 1. The van der Waals surface area contributed by atoms with E-state index < -0.39 is 5.91 Å². The first kappa shape index (κ1) is 12.3. The van der Waals surface area contributed by atoms with Crippen LogP contribution in [0.5, 0.6) is 0 Å². The molecule has 1 amide bonds. The van der Waals surface area contributed by atoms with E-state index in [9.17, 15) is 9.90 Å². The van der Waals surface area contributed by atoms with Crippen LogP contribution < -0.4 is 5.73 Å². The van der Waals surface area contributed by atoms with Gasteiger partial charge in [0.1, 0.15) is 0 Å². The maximum atomic E-state index is 11.1. The van der Waals surface area contributed by atoms with Crippen molar-refractivity contribution in [2.24, 2.45) is 5.73 Å². The van der Waals surface area contributed by atoms with E-state index in [2.05, 4.69) is 10.1 Å². The third kappa shape index (κ3) is 2.02. The van der Waals surface area contributed by atoms with E-state index in [1.165, 1.54) is 17.1 Å². The summed E-state index contributed by atoms with van der Waals surface area (Å²) in [5.41, 5.74) is 6.91. The smallest absolute Gasteiger partial charge is 0.251 e. The number of nitrogens with zero attached hydrogens (tertiary/aromatic N) is 3. The summed E-state index contributed by atoms with van der Waals surface area (Å²) in [5.74, 6) is -0.0683. The van der Waals surface area contributed by atoms with Crippen molar-refractivity contribution in [2.45, 2.75) is 6.61 Å². The molecule has 3 N–H and O–H groups in total. The molecule has 2 heterocycles. The summed E-state index contributed by atoms with van der Waals surface area (Å²) in [6, 6.07) is 9.44. The standard InChI is InChI=1S/C14H12N4O2/c15-13(20)11-6-16-18(7-11)14-10(8-19)5-9-3-1-2-4-12(9)17-14/h1-7,19H,8H2,(H2,15,20). The van der Waals surface area contributed by atoms with Crippen molar-refractivity contribution < 1.29 is 9.90 Å². The van der Waals surface area contributed by atoms with Gasteiger partial charge < -0.3 is 10.8 Å². The maximum Gasteiger partial charge on any atom is 0.251 e. The van der Waals surface area contributed by atoms with Gasteiger partial charge in [0, 0.05) is 17.1 Å². The summed E-state index contributed by atoms with van der Waals surface area (Å²) in [6.07, 6.45) is 2.87. The number of rotatable bonds is 3. The summed E-state index contributed by atoms with van der Waals surface area (Å²) < 4.78 is 1.44. The minimum Gasteiger partial charge on any atom is -0.392 e. The Kier molecular flexibility index (Phi) is 2.92. The maximum absolute atomic E-state index is 11.1. The molecule has 0 fully saturated rings. The minimum absolute atomic E-state index is 0.168. The molecule has 20 heavy (non-hydrogen) atoms. The Labute approximate surface area is 114 Å². The zero-order valence-electron chi connectivity index (χ0n) is 10.5. The first-order chi connectivity index (χ1) is 9.69. The number of nitrogens with two attached hydrogens (primary N) is 1. The highest BCUT2D eigenvalue weighted by Gasteiger charge is 2.11. The molecule has 100 valence electrons. The molecular weight excluding hydrogens is 256 g/mol.